The van der Waals surface area contributed by atoms with Gasteiger partial charge in [-0.1, -0.05) is 54.6 Å². The summed E-state index contributed by atoms with van der Waals surface area (Å²) < 4.78 is 28.1. The van der Waals surface area contributed by atoms with Crippen molar-refractivity contribution in [2.45, 2.75) is 37.0 Å². The summed E-state index contributed by atoms with van der Waals surface area (Å²) in [5.41, 5.74) is 3.38. The zero-order valence-corrected chi connectivity index (χ0v) is 15.8. The highest BCUT2D eigenvalue weighted by molar-refractivity contribution is 7.89. The van der Waals surface area contributed by atoms with E-state index in [4.69, 9.17) is 0 Å². The molecule has 1 saturated heterocycles. The van der Waals surface area contributed by atoms with Crippen molar-refractivity contribution in [3.8, 4) is 0 Å². The van der Waals surface area contributed by atoms with Crippen molar-refractivity contribution < 1.29 is 8.42 Å². The van der Waals surface area contributed by atoms with E-state index in [9.17, 15) is 8.42 Å². The molecular formula is C22H25NO2S. The third kappa shape index (κ3) is 3.49. The second-order valence-corrected chi connectivity index (χ2v) is 9.21. The van der Waals surface area contributed by atoms with Gasteiger partial charge >= 0.3 is 0 Å². The van der Waals surface area contributed by atoms with E-state index < -0.39 is 10.0 Å². The molecular weight excluding hydrogens is 342 g/mol. The van der Waals surface area contributed by atoms with Crippen LogP contribution in [0.25, 0.3) is 6.08 Å². The SMILES string of the molecule is O=S(=O)(c1cccc2c1C=CCC2)N1CCC(Cc2ccccc2)CC1. The fraction of sp³-hybridized carbons (Fsp3) is 0.364. The van der Waals surface area contributed by atoms with Crippen molar-refractivity contribution in [1.29, 1.82) is 0 Å². The molecule has 3 nitrogen and oxygen atoms in total. The van der Waals surface area contributed by atoms with Crippen LogP contribution in [0.5, 0.6) is 0 Å². The first-order valence-electron chi connectivity index (χ1n) is 9.47. The van der Waals surface area contributed by atoms with E-state index in [1.165, 1.54) is 5.56 Å². The summed E-state index contributed by atoms with van der Waals surface area (Å²) >= 11 is 0. The summed E-state index contributed by atoms with van der Waals surface area (Å²) in [4.78, 5) is 0.479. The number of hydrogen-bond donors (Lipinski definition) is 0. The highest BCUT2D eigenvalue weighted by Crippen LogP contribution is 2.31. The monoisotopic (exact) mass is 367 g/mol. The Morgan fingerprint density at radius 2 is 1.73 bits per heavy atom. The van der Waals surface area contributed by atoms with Gasteiger partial charge in [0.2, 0.25) is 10.0 Å². The van der Waals surface area contributed by atoms with E-state index >= 15 is 0 Å². The molecule has 1 heterocycles. The summed E-state index contributed by atoms with van der Waals surface area (Å²) in [6.45, 7) is 1.24. The van der Waals surface area contributed by atoms with Crippen LogP contribution < -0.4 is 0 Å². The maximum Gasteiger partial charge on any atom is 0.243 e. The van der Waals surface area contributed by atoms with E-state index in [1.54, 1.807) is 10.4 Å². The van der Waals surface area contributed by atoms with E-state index in [2.05, 4.69) is 30.3 Å². The van der Waals surface area contributed by atoms with Crippen LogP contribution in [0, 0.1) is 5.92 Å². The van der Waals surface area contributed by atoms with Gasteiger partial charge in [-0.05, 0) is 60.8 Å². The standard InChI is InChI=1S/C22H25NO2S/c24-26(25,22-12-6-10-20-9-4-5-11-21(20)22)23-15-13-19(14-16-23)17-18-7-2-1-3-8-18/h1-3,5-8,10-12,19H,4,9,13-17H2. The lowest BCUT2D eigenvalue weighted by molar-refractivity contribution is 0.273. The molecule has 0 saturated carbocycles. The van der Waals surface area contributed by atoms with Gasteiger partial charge in [-0.2, -0.15) is 4.31 Å². The highest BCUT2D eigenvalue weighted by Gasteiger charge is 2.31. The molecule has 136 valence electrons. The molecule has 4 rings (SSSR count). The highest BCUT2D eigenvalue weighted by atomic mass is 32.2. The lowest BCUT2D eigenvalue weighted by Gasteiger charge is -2.32. The Morgan fingerprint density at radius 1 is 0.962 bits per heavy atom. The first kappa shape index (κ1) is 17.5. The van der Waals surface area contributed by atoms with Crippen LogP contribution in [0.2, 0.25) is 0 Å². The zero-order chi connectivity index (χ0) is 18.0. The van der Waals surface area contributed by atoms with Gasteiger partial charge in [0.1, 0.15) is 0 Å². The van der Waals surface area contributed by atoms with E-state index in [0.29, 0.717) is 23.9 Å². The number of aryl methyl sites for hydroxylation is 1. The molecule has 0 amide bonds. The average molecular weight is 368 g/mol. The van der Waals surface area contributed by atoms with Crippen molar-refractivity contribution in [2.75, 3.05) is 13.1 Å². The van der Waals surface area contributed by atoms with Crippen LogP contribution in [-0.4, -0.2) is 25.8 Å². The predicted molar refractivity (Wildman–Crippen MR) is 105 cm³/mol. The van der Waals surface area contributed by atoms with Crippen LogP contribution in [0.3, 0.4) is 0 Å². The maximum absolute atomic E-state index is 13.2. The number of nitrogens with zero attached hydrogens (tertiary/aromatic N) is 1. The number of fused-ring (bicyclic) bond motifs is 1. The van der Waals surface area contributed by atoms with Crippen LogP contribution in [-0.2, 0) is 22.9 Å². The van der Waals surface area contributed by atoms with Crippen molar-refractivity contribution in [3.63, 3.8) is 0 Å². The van der Waals surface area contributed by atoms with Crippen molar-refractivity contribution in [1.82, 2.24) is 4.31 Å². The lowest BCUT2D eigenvalue weighted by atomic mass is 9.91. The molecule has 0 unspecified atom stereocenters. The second kappa shape index (κ2) is 7.37. The molecule has 1 fully saturated rings. The number of rotatable bonds is 4. The first-order valence-corrected chi connectivity index (χ1v) is 10.9. The molecule has 2 aromatic carbocycles. The minimum absolute atomic E-state index is 0.479. The molecule has 1 aliphatic carbocycles. The van der Waals surface area contributed by atoms with Crippen LogP contribution in [0.4, 0.5) is 0 Å². The third-order valence-electron chi connectivity index (χ3n) is 5.58. The Kier molecular flexibility index (Phi) is 4.96. The second-order valence-electron chi connectivity index (χ2n) is 7.31. The van der Waals surface area contributed by atoms with Gasteiger partial charge in [0.15, 0.2) is 0 Å². The lowest BCUT2D eigenvalue weighted by Crippen LogP contribution is -2.39. The molecule has 0 spiro atoms. The van der Waals surface area contributed by atoms with Crippen LogP contribution in [0.1, 0.15) is 36.0 Å². The predicted octanol–water partition coefficient (Wildman–Crippen LogP) is 4.29. The van der Waals surface area contributed by atoms with Gasteiger partial charge in [0.25, 0.3) is 0 Å². The normalized spacial score (nSPS) is 18.6. The summed E-state index contributed by atoms with van der Waals surface area (Å²) in [6.07, 6.45) is 8.87. The molecule has 1 aliphatic heterocycles. The molecule has 26 heavy (non-hydrogen) atoms. The fourth-order valence-corrected chi connectivity index (χ4v) is 5.80. The van der Waals surface area contributed by atoms with Gasteiger partial charge in [0, 0.05) is 13.1 Å². The third-order valence-corrected chi connectivity index (χ3v) is 7.54. The Labute approximate surface area is 156 Å². The van der Waals surface area contributed by atoms with Crippen LogP contribution >= 0.6 is 0 Å². The van der Waals surface area contributed by atoms with Gasteiger partial charge < -0.3 is 0 Å². The largest absolute Gasteiger partial charge is 0.243 e. The van der Waals surface area contributed by atoms with Gasteiger partial charge in [-0.15, -0.1) is 0 Å². The van der Waals surface area contributed by atoms with Gasteiger partial charge in [0.05, 0.1) is 4.90 Å². The number of sulfonamides is 1. The Balaban J connectivity index is 1.48. The Morgan fingerprint density at radius 3 is 2.50 bits per heavy atom. The first-order chi connectivity index (χ1) is 12.6. The molecule has 0 atom stereocenters. The number of benzene rings is 2. The molecule has 0 N–H and O–H groups in total. The van der Waals surface area contributed by atoms with Gasteiger partial charge in [-0.3, -0.25) is 0 Å². The Bertz CT molecular complexity index is 895. The number of hydrogen-bond acceptors (Lipinski definition) is 2. The van der Waals surface area contributed by atoms with Crippen LogP contribution in [0.15, 0.2) is 59.5 Å². The topological polar surface area (TPSA) is 37.4 Å². The maximum atomic E-state index is 13.2. The molecule has 2 aromatic rings. The van der Waals surface area contributed by atoms with E-state index in [0.717, 1.165) is 43.2 Å². The molecule has 2 aliphatic rings. The zero-order valence-electron chi connectivity index (χ0n) is 15.0. The summed E-state index contributed by atoms with van der Waals surface area (Å²) in [7, 11) is -3.42. The Hall–Kier alpha value is -1.91. The molecule has 0 bridgehead atoms. The molecule has 0 radical (unpaired) electrons. The van der Waals surface area contributed by atoms with Crippen molar-refractivity contribution in [3.05, 3.63) is 71.3 Å². The summed E-state index contributed by atoms with van der Waals surface area (Å²) in [5, 5.41) is 0. The number of allylic oxidation sites excluding steroid dienone is 1. The smallest absolute Gasteiger partial charge is 0.207 e. The minimum atomic E-state index is -3.42. The van der Waals surface area contributed by atoms with Crippen molar-refractivity contribution in [2.24, 2.45) is 5.92 Å². The molecule has 0 aromatic heterocycles. The van der Waals surface area contributed by atoms with E-state index in [-0.39, 0.29) is 0 Å². The van der Waals surface area contributed by atoms with Gasteiger partial charge in [-0.25, -0.2) is 8.42 Å². The minimum Gasteiger partial charge on any atom is -0.207 e. The van der Waals surface area contributed by atoms with Crippen molar-refractivity contribution >= 4 is 16.1 Å². The number of piperidine rings is 1. The summed E-state index contributed by atoms with van der Waals surface area (Å²) in [6, 6.07) is 16.2. The average Bonchev–Trinajstić information content (AvgIpc) is 2.69. The molecule has 4 heteroatoms. The quantitative estimate of drug-likeness (QED) is 0.808. The van der Waals surface area contributed by atoms with E-state index in [1.807, 2.05) is 24.3 Å². The fourth-order valence-electron chi connectivity index (χ4n) is 4.10. The summed E-state index contributed by atoms with van der Waals surface area (Å²) in [5.74, 6) is 0.563.